The van der Waals surface area contributed by atoms with Gasteiger partial charge in [0.05, 0.1) is 6.26 Å². The van der Waals surface area contributed by atoms with E-state index in [1.54, 1.807) is 6.26 Å². The molecule has 1 aromatic rings. The lowest BCUT2D eigenvalue weighted by atomic mass is 9.90. The average Bonchev–Trinajstić information content (AvgIpc) is 2.36. The number of furan rings is 1. The minimum Gasteiger partial charge on any atom is -0.469 e. The van der Waals surface area contributed by atoms with E-state index >= 15 is 0 Å². The van der Waals surface area contributed by atoms with Crippen molar-refractivity contribution in [3.05, 3.63) is 23.7 Å². The summed E-state index contributed by atoms with van der Waals surface area (Å²) in [6.07, 6.45) is 2.76. The molecule has 0 radical (unpaired) electrons. The van der Waals surface area contributed by atoms with Gasteiger partial charge in [-0.25, -0.2) is 0 Å². The summed E-state index contributed by atoms with van der Waals surface area (Å²) in [7, 11) is 0. The summed E-state index contributed by atoms with van der Waals surface area (Å²) in [5, 5.41) is 1.00. The Hall–Kier alpha value is -0.240. The number of aryl methyl sites for hydroxylation is 1. The van der Waals surface area contributed by atoms with Gasteiger partial charge >= 0.3 is 0 Å². The third-order valence-corrected chi connectivity index (χ3v) is 3.49. The van der Waals surface area contributed by atoms with Crippen LogP contribution < -0.4 is 0 Å². The predicted molar refractivity (Wildman–Crippen MR) is 54.7 cm³/mol. The molecule has 1 nitrogen and oxygen atoms in total. The molecule has 0 saturated heterocycles. The topological polar surface area (TPSA) is 13.1 Å². The normalized spacial score (nSPS) is 12.0. The van der Waals surface area contributed by atoms with Crippen molar-refractivity contribution in [2.45, 2.75) is 27.2 Å². The zero-order valence-corrected chi connectivity index (χ0v) is 9.44. The molecule has 0 unspecified atom stereocenters. The van der Waals surface area contributed by atoms with Gasteiger partial charge in [-0.05, 0) is 24.0 Å². The fourth-order valence-electron chi connectivity index (χ4n) is 1.07. The summed E-state index contributed by atoms with van der Waals surface area (Å²) in [4.78, 5) is 0. The van der Waals surface area contributed by atoms with Crippen LogP contribution >= 0.6 is 15.9 Å². The molecule has 1 heterocycles. The monoisotopic (exact) mass is 230 g/mol. The van der Waals surface area contributed by atoms with Crippen molar-refractivity contribution < 1.29 is 4.42 Å². The zero-order chi connectivity index (χ0) is 9.19. The molecule has 1 rings (SSSR count). The Labute approximate surface area is 82.3 Å². The summed E-state index contributed by atoms with van der Waals surface area (Å²) in [6, 6.07) is 2.01. The van der Waals surface area contributed by atoms with Crippen molar-refractivity contribution in [2.24, 2.45) is 5.41 Å². The molecule has 0 atom stereocenters. The van der Waals surface area contributed by atoms with E-state index in [1.807, 2.05) is 6.07 Å². The second kappa shape index (κ2) is 3.65. The number of alkyl halides is 1. The van der Waals surface area contributed by atoms with Crippen LogP contribution in [0.3, 0.4) is 0 Å². The van der Waals surface area contributed by atoms with Crippen LogP contribution in [0, 0.1) is 12.3 Å². The number of hydrogen-bond donors (Lipinski definition) is 0. The molecule has 0 spiro atoms. The Morgan fingerprint density at radius 1 is 1.50 bits per heavy atom. The van der Waals surface area contributed by atoms with E-state index in [2.05, 4.69) is 36.7 Å². The maximum Gasteiger partial charge on any atom is 0.107 e. The van der Waals surface area contributed by atoms with Crippen LogP contribution in [0.25, 0.3) is 0 Å². The molecule has 2 heteroatoms. The highest BCUT2D eigenvalue weighted by Crippen LogP contribution is 2.25. The highest BCUT2D eigenvalue weighted by molar-refractivity contribution is 9.09. The van der Waals surface area contributed by atoms with Gasteiger partial charge in [0.2, 0.25) is 0 Å². The lowest BCUT2D eigenvalue weighted by Gasteiger charge is -2.20. The van der Waals surface area contributed by atoms with Gasteiger partial charge in [0.25, 0.3) is 0 Å². The maximum absolute atomic E-state index is 5.38. The van der Waals surface area contributed by atoms with Gasteiger partial charge in [-0.2, -0.15) is 0 Å². The van der Waals surface area contributed by atoms with Crippen LogP contribution in [0.15, 0.2) is 16.7 Å². The standard InChI is InChI=1S/C10H15BrO/c1-8-4-5-12-9(8)6-10(2,3)7-11/h4-5H,6-7H2,1-3H3. The summed E-state index contributed by atoms with van der Waals surface area (Å²) in [6.45, 7) is 6.54. The fourth-order valence-corrected chi connectivity index (χ4v) is 1.27. The van der Waals surface area contributed by atoms with E-state index in [9.17, 15) is 0 Å². The molecule has 0 amide bonds. The van der Waals surface area contributed by atoms with E-state index in [-0.39, 0.29) is 5.41 Å². The summed E-state index contributed by atoms with van der Waals surface area (Å²) < 4.78 is 5.38. The van der Waals surface area contributed by atoms with Crippen molar-refractivity contribution in [1.29, 1.82) is 0 Å². The first kappa shape index (κ1) is 9.85. The first-order valence-corrected chi connectivity index (χ1v) is 5.26. The average molecular weight is 231 g/mol. The van der Waals surface area contributed by atoms with Crippen molar-refractivity contribution in [3.8, 4) is 0 Å². The molecule has 0 N–H and O–H groups in total. The second-order valence-electron chi connectivity index (χ2n) is 4.00. The molecule has 0 aliphatic carbocycles. The minimum absolute atomic E-state index is 0.280. The molecule has 12 heavy (non-hydrogen) atoms. The third-order valence-electron chi connectivity index (χ3n) is 1.97. The molecule has 0 saturated carbocycles. The Morgan fingerprint density at radius 3 is 2.58 bits per heavy atom. The van der Waals surface area contributed by atoms with Gasteiger partial charge in [-0.15, -0.1) is 0 Å². The maximum atomic E-state index is 5.38. The van der Waals surface area contributed by atoms with E-state index < -0.39 is 0 Å². The van der Waals surface area contributed by atoms with Crippen LogP contribution in [-0.2, 0) is 6.42 Å². The fraction of sp³-hybridized carbons (Fsp3) is 0.600. The van der Waals surface area contributed by atoms with Crippen LogP contribution in [0.5, 0.6) is 0 Å². The quantitative estimate of drug-likeness (QED) is 0.725. The molecule has 0 aliphatic rings. The third kappa shape index (κ3) is 2.37. The second-order valence-corrected chi connectivity index (χ2v) is 4.56. The van der Waals surface area contributed by atoms with E-state index in [0.717, 1.165) is 17.5 Å². The molecule has 0 aliphatic heterocycles. The van der Waals surface area contributed by atoms with E-state index in [1.165, 1.54) is 5.56 Å². The van der Waals surface area contributed by atoms with Crippen LogP contribution in [0.2, 0.25) is 0 Å². The largest absolute Gasteiger partial charge is 0.469 e. The zero-order valence-electron chi connectivity index (χ0n) is 7.86. The Morgan fingerprint density at radius 2 is 2.17 bits per heavy atom. The van der Waals surface area contributed by atoms with Gasteiger partial charge in [0, 0.05) is 11.8 Å². The Bertz CT molecular complexity index is 250. The highest BCUT2D eigenvalue weighted by atomic mass is 79.9. The van der Waals surface area contributed by atoms with E-state index in [0.29, 0.717) is 0 Å². The van der Waals surface area contributed by atoms with Gasteiger partial charge in [-0.3, -0.25) is 0 Å². The van der Waals surface area contributed by atoms with Crippen molar-refractivity contribution in [1.82, 2.24) is 0 Å². The highest BCUT2D eigenvalue weighted by Gasteiger charge is 2.19. The first-order chi connectivity index (χ1) is 5.55. The van der Waals surface area contributed by atoms with Crippen LogP contribution in [0.1, 0.15) is 25.2 Å². The molecule has 0 aromatic carbocycles. The predicted octanol–water partition coefficient (Wildman–Crippen LogP) is 3.55. The molecular weight excluding hydrogens is 216 g/mol. The van der Waals surface area contributed by atoms with Gasteiger partial charge < -0.3 is 4.42 Å². The van der Waals surface area contributed by atoms with Crippen molar-refractivity contribution >= 4 is 15.9 Å². The smallest absolute Gasteiger partial charge is 0.107 e. The van der Waals surface area contributed by atoms with Crippen LogP contribution in [-0.4, -0.2) is 5.33 Å². The van der Waals surface area contributed by atoms with Crippen molar-refractivity contribution in [3.63, 3.8) is 0 Å². The van der Waals surface area contributed by atoms with Gasteiger partial charge in [0.1, 0.15) is 5.76 Å². The Kier molecular flexibility index (Phi) is 2.99. The van der Waals surface area contributed by atoms with E-state index in [4.69, 9.17) is 4.42 Å². The minimum atomic E-state index is 0.280. The number of rotatable bonds is 3. The Balaban J connectivity index is 2.70. The van der Waals surface area contributed by atoms with Crippen molar-refractivity contribution in [2.75, 3.05) is 5.33 Å². The SMILES string of the molecule is Cc1ccoc1CC(C)(C)CBr. The molecule has 0 bridgehead atoms. The lowest BCUT2D eigenvalue weighted by molar-refractivity contribution is 0.371. The summed E-state index contributed by atoms with van der Waals surface area (Å²) in [5.74, 6) is 1.11. The molecule has 1 aromatic heterocycles. The van der Waals surface area contributed by atoms with Gasteiger partial charge in [0.15, 0.2) is 0 Å². The lowest BCUT2D eigenvalue weighted by Crippen LogP contribution is -2.16. The summed E-state index contributed by atoms with van der Waals surface area (Å²) in [5.41, 5.74) is 1.53. The number of halogens is 1. The molecule has 0 fully saturated rings. The van der Waals surface area contributed by atoms with Crippen LogP contribution in [0.4, 0.5) is 0 Å². The number of hydrogen-bond acceptors (Lipinski definition) is 1. The first-order valence-electron chi connectivity index (χ1n) is 4.14. The summed E-state index contributed by atoms with van der Waals surface area (Å²) >= 11 is 3.50. The van der Waals surface area contributed by atoms with Gasteiger partial charge in [-0.1, -0.05) is 29.8 Å². The molecule has 68 valence electrons. The molecular formula is C10H15BrO.